The molecule has 0 radical (unpaired) electrons. The fourth-order valence-electron chi connectivity index (χ4n) is 4.62. The van der Waals surface area contributed by atoms with Crippen LogP contribution in [0.15, 0.2) is 66.2 Å². The van der Waals surface area contributed by atoms with Gasteiger partial charge in [-0.1, -0.05) is 60.2 Å². The van der Waals surface area contributed by atoms with Crippen molar-refractivity contribution in [1.29, 1.82) is 0 Å². The number of hydrogen-bond donors (Lipinski definition) is 1. The molecule has 0 bridgehead atoms. The van der Waals surface area contributed by atoms with Crippen LogP contribution in [-0.4, -0.2) is 35.5 Å². The minimum absolute atomic E-state index is 0.00132. The summed E-state index contributed by atoms with van der Waals surface area (Å²) in [4.78, 5) is 33.2. The number of rotatable bonds is 7. The number of carbonyl (C=O) groups is 2. The van der Waals surface area contributed by atoms with E-state index < -0.39 is 17.7 Å². The van der Waals surface area contributed by atoms with Crippen LogP contribution in [0.4, 0.5) is 5.13 Å². The van der Waals surface area contributed by atoms with Crippen molar-refractivity contribution in [3.05, 3.63) is 88.5 Å². The second-order valence-corrected chi connectivity index (χ2v) is 10.0. The molecule has 3 aromatic carbocycles. The Kier molecular flexibility index (Phi) is 6.91. The Hall–Kier alpha value is -4.17. The van der Waals surface area contributed by atoms with Crippen molar-refractivity contribution in [2.24, 2.45) is 0 Å². The van der Waals surface area contributed by atoms with Crippen molar-refractivity contribution < 1.29 is 24.2 Å². The lowest BCUT2D eigenvalue weighted by atomic mass is 9.95. The van der Waals surface area contributed by atoms with Crippen molar-refractivity contribution in [1.82, 2.24) is 4.98 Å². The largest absolute Gasteiger partial charge is 0.507 e. The van der Waals surface area contributed by atoms with Crippen LogP contribution in [0.1, 0.15) is 42.1 Å². The predicted molar refractivity (Wildman–Crippen MR) is 149 cm³/mol. The maximum atomic E-state index is 13.6. The van der Waals surface area contributed by atoms with Gasteiger partial charge in [0.1, 0.15) is 5.76 Å². The first-order chi connectivity index (χ1) is 18.4. The van der Waals surface area contributed by atoms with Gasteiger partial charge in [-0.05, 0) is 55.7 Å². The molecule has 8 heteroatoms. The Morgan fingerprint density at radius 2 is 1.79 bits per heavy atom. The smallest absolute Gasteiger partial charge is 0.301 e. The number of hydrogen-bond acceptors (Lipinski definition) is 7. The molecule has 1 unspecified atom stereocenters. The molecule has 38 heavy (non-hydrogen) atoms. The monoisotopic (exact) mass is 528 g/mol. The summed E-state index contributed by atoms with van der Waals surface area (Å²) in [5.41, 5.74) is 3.95. The third kappa shape index (κ3) is 4.41. The van der Waals surface area contributed by atoms with Crippen molar-refractivity contribution in [2.45, 2.75) is 33.2 Å². The molecular formula is C30H28N2O5S. The summed E-state index contributed by atoms with van der Waals surface area (Å²) in [6, 6.07) is 17.5. The van der Waals surface area contributed by atoms with Crippen molar-refractivity contribution in [3.63, 3.8) is 0 Å². The number of fused-ring (bicyclic) bond motifs is 1. The minimum Gasteiger partial charge on any atom is -0.507 e. The van der Waals surface area contributed by atoms with Crippen LogP contribution in [0, 0.1) is 6.92 Å². The van der Waals surface area contributed by atoms with Crippen molar-refractivity contribution >= 4 is 44.1 Å². The van der Waals surface area contributed by atoms with E-state index in [1.807, 2.05) is 44.2 Å². The number of Topliss-reactive ketones (excluding diaryl/α,β-unsaturated/α-hetero) is 1. The Labute approximate surface area is 225 Å². The molecule has 0 spiro atoms. The fraction of sp³-hybridized carbons (Fsp3) is 0.233. The lowest BCUT2D eigenvalue weighted by Gasteiger charge is -2.24. The summed E-state index contributed by atoms with van der Waals surface area (Å²) in [6.07, 6.45) is 0.871. The second-order valence-electron chi connectivity index (χ2n) is 9.03. The zero-order valence-electron chi connectivity index (χ0n) is 21.6. The number of carbonyl (C=O) groups excluding carboxylic acids is 2. The van der Waals surface area contributed by atoms with E-state index >= 15 is 0 Å². The molecule has 2 heterocycles. The highest BCUT2D eigenvalue weighted by atomic mass is 32.1. The van der Waals surface area contributed by atoms with Crippen LogP contribution in [-0.2, 0) is 16.0 Å². The number of anilines is 1. The summed E-state index contributed by atoms with van der Waals surface area (Å²) in [7, 11) is 1.53. The molecule has 4 aromatic rings. The summed E-state index contributed by atoms with van der Waals surface area (Å²) in [5.74, 6) is -0.748. The number of benzene rings is 3. The maximum absolute atomic E-state index is 13.6. The van der Waals surface area contributed by atoms with E-state index in [0.717, 1.165) is 27.8 Å². The fourth-order valence-corrected chi connectivity index (χ4v) is 5.68. The molecule has 1 saturated heterocycles. The van der Waals surface area contributed by atoms with Crippen molar-refractivity contribution in [3.8, 4) is 11.5 Å². The Morgan fingerprint density at radius 1 is 1.03 bits per heavy atom. The van der Waals surface area contributed by atoms with Gasteiger partial charge in [0.25, 0.3) is 5.78 Å². The standard InChI is InChI=1S/C30H28N2O5S/c1-5-18-9-13-21-24(15-18)38-30(31-21)32-26(20-12-14-22(37-6-2)23(16-20)36-4)25(28(34)29(32)35)27(33)19-10-7-17(3)8-11-19/h7-16,26,33H,5-6H2,1-4H3/b27-25+. The third-order valence-corrected chi connectivity index (χ3v) is 7.65. The van der Waals surface area contributed by atoms with Gasteiger partial charge >= 0.3 is 5.91 Å². The number of nitrogens with zero attached hydrogens (tertiary/aromatic N) is 2. The highest BCUT2D eigenvalue weighted by Gasteiger charge is 2.48. The van der Waals surface area contributed by atoms with Gasteiger partial charge in [0, 0.05) is 5.56 Å². The first kappa shape index (κ1) is 25.5. The first-order valence-electron chi connectivity index (χ1n) is 12.4. The van der Waals surface area contributed by atoms with E-state index in [2.05, 4.69) is 6.92 Å². The van der Waals surface area contributed by atoms with Gasteiger partial charge in [0.05, 0.1) is 35.5 Å². The highest BCUT2D eigenvalue weighted by Crippen LogP contribution is 2.46. The van der Waals surface area contributed by atoms with Gasteiger partial charge in [0.2, 0.25) is 0 Å². The molecule has 1 atom stereocenters. The molecule has 194 valence electrons. The highest BCUT2D eigenvalue weighted by molar-refractivity contribution is 7.22. The second kappa shape index (κ2) is 10.3. The average Bonchev–Trinajstić information content (AvgIpc) is 3.46. The van der Waals surface area contributed by atoms with E-state index in [-0.39, 0.29) is 11.3 Å². The number of aliphatic hydroxyl groups excluding tert-OH is 1. The van der Waals surface area contributed by atoms with E-state index in [9.17, 15) is 14.7 Å². The van der Waals surface area contributed by atoms with Crippen molar-refractivity contribution in [2.75, 3.05) is 18.6 Å². The maximum Gasteiger partial charge on any atom is 0.301 e. The number of ether oxygens (including phenoxy) is 2. The van der Waals surface area contributed by atoms with Gasteiger partial charge in [-0.2, -0.15) is 0 Å². The normalized spacial score (nSPS) is 16.8. The van der Waals surface area contributed by atoms with Crippen LogP contribution >= 0.6 is 11.3 Å². The van der Waals surface area contributed by atoms with Gasteiger partial charge < -0.3 is 14.6 Å². The topological polar surface area (TPSA) is 89.0 Å². The lowest BCUT2D eigenvalue weighted by molar-refractivity contribution is -0.132. The molecule has 1 fully saturated rings. The zero-order valence-corrected chi connectivity index (χ0v) is 22.5. The van der Waals surface area contributed by atoms with Crippen LogP contribution in [0.25, 0.3) is 16.0 Å². The van der Waals surface area contributed by atoms with Gasteiger partial charge in [-0.25, -0.2) is 4.98 Å². The molecule has 1 aliphatic heterocycles. The molecule has 1 aromatic heterocycles. The summed E-state index contributed by atoms with van der Waals surface area (Å²) < 4.78 is 12.1. The molecule has 1 amide bonds. The molecule has 0 aliphatic carbocycles. The Morgan fingerprint density at radius 3 is 2.47 bits per heavy atom. The molecule has 1 aliphatic rings. The van der Waals surface area contributed by atoms with E-state index in [4.69, 9.17) is 14.5 Å². The molecular weight excluding hydrogens is 500 g/mol. The molecule has 7 nitrogen and oxygen atoms in total. The number of thiazole rings is 1. The van der Waals surface area contributed by atoms with Gasteiger partial charge in [-0.15, -0.1) is 0 Å². The predicted octanol–water partition coefficient (Wildman–Crippen LogP) is 6.20. The number of aryl methyl sites for hydroxylation is 2. The number of aromatic nitrogens is 1. The number of ketones is 1. The first-order valence-corrected chi connectivity index (χ1v) is 13.3. The zero-order chi connectivity index (χ0) is 27.0. The molecule has 1 N–H and O–H groups in total. The van der Waals surface area contributed by atoms with Crippen LogP contribution in [0.5, 0.6) is 11.5 Å². The average molecular weight is 529 g/mol. The minimum atomic E-state index is -0.910. The Bertz CT molecular complexity index is 1570. The quantitative estimate of drug-likeness (QED) is 0.175. The number of aliphatic hydroxyl groups is 1. The summed E-state index contributed by atoms with van der Waals surface area (Å²) >= 11 is 1.34. The summed E-state index contributed by atoms with van der Waals surface area (Å²) in [5, 5.41) is 11.8. The third-order valence-electron chi connectivity index (χ3n) is 6.63. The van der Waals surface area contributed by atoms with Crippen LogP contribution in [0.2, 0.25) is 0 Å². The number of methoxy groups -OCH3 is 1. The van der Waals surface area contributed by atoms with Gasteiger partial charge in [-0.3, -0.25) is 14.5 Å². The lowest BCUT2D eigenvalue weighted by Crippen LogP contribution is -2.29. The van der Waals surface area contributed by atoms with Crippen LogP contribution in [0.3, 0.4) is 0 Å². The van der Waals surface area contributed by atoms with E-state index in [1.165, 1.54) is 23.3 Å². The summed E-state index contributed by atoms with van der Waals surface area (Å²) in [6.45, 7) is 6.34. The number of amides is 1. The Balaban J connectivity index is 1.72. The van der Waals surface area contributed by atoms with Crippen LogP contribution < -0.4 is 14.4 Å². The van der Waals surface area contributed by atoms with E-state index in [1.54, 1.807) is 30.3 Å². The molecule has 0 saturated carbocycles. The SMILES string of the molecule is CCOc1ccc(C2/C(=C(\O)c3ccc(C)cc3)C(=O)C(=O)N2c2nc3ccc(CC)cc3s2)cc1OC. The van der Waals surface area contributed by atoms with E-state index in [0.29, 0.717) is 34.4 Å². The molecule has 5 rings (SSSR count). The van der Waals surface area contributed by atoms with Gasteiger partial charge in [0.15, 0.2) is 16.6 Å².